The first kappa shape index (κ1) is 23.6. The molecular formula is C21H23ClN6O3S. The molecule has 32 heavy (non-hydrogen) atoms. The fourth-order valence-electron chi connectivity index (χ4n) is 2.91. The molecule has 0 spiro atoms. The quantitative estimate of drug-likeness (QED) is 0.257. The van der Waals surface area contributed by atoms with Crippen molar-refractivity contribution in [3.05, 3.63) is 69.0 Å². The number of nitro benzene ring substituents is 1. The topological polar surface area (TPSA) is 115 Å². The van der Waals surface area contributed by atoms with E-state index < -0.39 is 10.2 Å². The van der Waals surface area contributed by atoms with Gasteiger partial charge in [-0.15, -0.1) is 10.2 Å². The number of benzene rings is 2. The third kappa shape index (κ3) is 5.77. The number of non-ortho nitro benzene ring substituents is 1. The third-order valence-corrected chi connectivity index (χ3v) is 6.08. The first-order valence-corrected chi connectivity index (χ1v) is 11.2. The highest BCUT2D eigenvalue weighted by atomic mass is 35.5. The van der Waals surface area contributed by atoms with E-state index in [1.807, 2.05) is 23.6 Å². The van der Waals surface area contributed by atoms with Gasteiger partial charge in [0.05, 0.1) is 22.4 Å². The van der Waals surface area contributed by atoms with Gasteiger partial charge in [-0.05, 0) is 50.6 Å². The number of thioether (sulfide) groups is 1. The van der Waals surface area contributed by atoms with Crippen LogP contribution in [-0.4, -0.2) is 30.8 Å². The first-order valence-electron chi connectivity index (χ1n) is 9.92. The summed E-state index contributed by atoms with van der Waals surface area (Å²) in [7, 11) is 0. The maximum absolute atomic E-state index is 12.7. The van der Waals surface area contributed by atoms with E-state index in [-0.39, 0.29) is 11.6 Å². The number of aryl methyl sites for hydroxylation is 1. The number of nitro groups is 1. The van der Waals surface area contributed by atoms with Gasteiger partial charge in [0.1, 0.15) is 0 Å². The maximum atomic E-state index is 12.7. The van der Waals surface area contributed by atoms with Crippen LogP contribution in [0.2, 0.25) is 5.02 Å². The number of aromatic nitrogens is 3. The van der Waals surface area contributed by atoms with E-state index in [0.29, 0.717) is 29.0 Å². The zero-order chi connectivity index (χ0) is 23.3. The van der Waals surface area contributed by atoms with Gasteiger partial charge >= 0.3 is 0 Å². The van der Waals surface area contributed by atoms with Crippen LogP contribution in [0.15, 0.2) is 47.6 Å². The van der Waals surface area contributed by atoms with Crippen LogP contribution in [0.3, 0.4) is 0 Å². The van der Waals surface area contributed by atoms with Gasteiger partial charge in [-0.2, -0.15) is 0 Å². The normalized spacial score (nSPS) is 11.8. The molecule has 1 atom stereocenters. The van der Waals surface area contributed by atoms with Crippen molar-refractivity contribution in [2.75, 3.05) is 10.6 Å². The summed E-state index contributed by atoms with van der Waals surface area (Å²) in [4.78, 5) is 23.2. The monoisotopic (exact) mass is 474 g/mol. The second-order valence-electron chi connectivity index (χ2n) is 7.01. The number of rotatable bonds is 9. The van der Waals surface area contributed by atoms with Crippen LogP contribution in [0, 0.1) is 17.0 Å². The highest BCUT2D eigenvalue weighted by molar-refractivity contribution is 8.00. The van der Waals surface area contributed by atoms with Gasteiger partial charge in [0.2, 0.25) is 5.91 Å². The van der Waals surface area contributed by atoms with Crippen molar-refractivity contribution in [2.24, 2.45) is 0 Å². The highest BCUT2D eigenvalue weighted by Gasteiger charge is 2.21. The number of nitrogens with zero attached hydrogens (tertiary/aromatic N) is 4. The van der Waals surface area contributed by atoms with Crippen molar-refractivity contribution in [3.8, 4) is 0 Å². The molecule has 11 heteroatoms. The molecule has 1 heterocycles. The molecule has 0 radical (unpaired) electrons. The second-order valence-corrected chi connectivity index (χ2v) is 8.75. The summed E-state index contributed by atoms with van der Waals surface area (Å²) in [6, 6.07) is 11.8. The molecule has 1 amide bonds. The Morgan fingerprint density at radius 3 is 2.62 bits per heavy atom. The Bertz CT molecular complexity index is 1120. The smallest absolute Gasteiger partial charge is 0.271 e. The SMILES string of the molecule is CCn1c(CNc2ccc(Cl)cc2)nnc1SC(C)C(=O)Nc1cc([N+](=O)[O-])ccc1C. The van der Waals surface area contributed by atoms with Gasteiger partial charge in [-0.3, -0.25) is 14.9 Å². The lowest BCUT2D eigenvalue weighted by Crippen LogP contribution is -2.23. The van der Waals surface area contributed by atoms with Crippen molar-refractivity contribution in [3.63, 3.8) is 0 Å². The summed E-state index contributed by atoms with van der Waals surface area (Å²) in [5.74, 6) is 0.470. The number of halogens is 1. The van der Waals surface area contributed by atoms with Gasteiger partial charge in [-0.1, -0.05) is 29.4 Å². The zero-order valence-electron chi connectivity index (χ0n) is 17.8. The molecule has 3 aromatic rings. The molecule has 0 aliphatic heterocycles. The Hall–Kier alpha value is -3.11. The lowest BCUT2D eigenvalue weighted by molar-refractivity contribution is -0.384. The minimum Gasteiger partial charge on any atom is -0.378 e. The number of amides is 1. The minimum absolute atomic E-state index is 0.0743. The lowest BCUT2D eigenvalue weighted by Gasteiger charge is -2.14. The Kier molecular flexibility index (Phi) is 7.70. The average molecular weight is 475 g/mol. The number of carbonyl (C=O) groups is 1. The summed E-state index contributed by atoms with van der Waals surface area (Å²) in [6.07, 6.45) is 0. The van der Waals surface area contributed by atoms with Crippen LogP contribution in [0.4, 0.5) is 17.1 Å². The highest BCUT2D eigenvalue weighted by Crippen LogP contribution is 2.26. The van der Waals surface area contributed by atoms with Gasteiger partial charge < -0.3 is 15.2 Å². The van der Waals surface area contributed by atoms with E-state index in [2.05, 4.69) is 20.8 Å². The molecule has 0 aliphatic carbocycles. The number of carbonyl (C=O) groups excluding carboxylic acids is 1. The average Bonchev–Trinajstić information content (AvgIpc) is 3.15. The summed E-state index contributed by atoms with van der Waals surface area (Å²) in [6.45, 7) is 6.63. The molecule has 1 aromatic heterocycles. The molecule has 1 unspecified atom stereocenters. The Morgan fingerprint density at radius 1 is 1.25 bits per heavy atom. The minimum atomic E-state index is -0.489. The fraction of sp³-hybridized carbons (Fsp3) is 0.286. The molecule has 0 bridgehead atoms. The van der Waals surface area contributed by atoms with Crippen LogP contribution in [-0.2, 0) is 17.9 Å². The van der Waals surface area contributed by atoms with Gasteiger partial charge in [0, 0.05) is 29.4 Å². The number of hydrogen-bond donors (Lipinski definition) is 2. The van der Waals surface area contributed by atoms with Crippen molar-refractivity contribution in [1.29, 1.82) is 0 Å². The van der Waals surface area contributed by atoms with Gasteiger partial charge in [-0.25, -0.2) is 0 Å². The molecule has 3 rings (SSSR count). The molecule has 2 aromatic carbocycles. The molecule has 168 valence electrons. The van der Waals surface area contributed by atoms with Gasteiger partial charge in [0.15, 0.2) is 11.0 Å². The predicted molar refractivity (Wildman–Crippen MR) is 126 cm³/mol. The summed E-state index contributed by atoms with van der Waals surface area (Å²) in [5, 5.41) is 26.4. The molecule has 2 N–H and O–H groups in total. The summed E-state index contributed by atoms with van der Waals surface area (Å²) < 4.78 is 1.94. The van der Waals surface area contributed by atoms with E-state index in [1.54, 1.807) is 32.0 Å². The standard InChI is InChI=1S/C21H23ClN6O3S/c1-4-27-19(12-23-16-8-6-15(22)7-9-16)25-26-21(27)32-14(3)20(29)24-18-11-17(28(30)31)10-5-13(18)2/h5-11,14,23H,4,12H2,1-3H3,(H,24,29). The van der Waals surface area contributed by atoms with Crippen LogP contribution < -0.4 is 10.6 Å². The van der Waals surface area contributed by atoms with Crippen LogP contribution in [0.5, 0.6) is 0 Å². The zero-order valence-corrected chi connectivity index (χ0v) is 19.4. The number of nitrogens with one attached hydrogen (secondary N) is 2. The van der Waals surface area contributed by atoms with Crippen LogP contribution in [0.1, 0.15) is 25.2 Å². The second kappa shape index (κ2) is 10.5. The number of hydrogen-bond acceptors (Lipinski definition) is 7. The Labute approximate surface area is 194 Å². The predicted octanol–water partition coefficient (Wildman–Crippen LogP) is 4.90. The van der Waals surface area contributed by atoms with Crippen molar-refractivity contribution >= 4 is 46.3 Å². The maximum Gasteiger partial charge on any atom is 0.271 e. The first-order chi connectivity index (χ1) is 15.3. The molecule has 0 fully saturated rings. The molecule has 0 saturated carbocycles. The molecule has 0 saturated heterocycles. The molecule has 9 nitrogen and oxygen atoms in total. The third-order valence-electron chi connectivity index (χ3n) is 4.75. The Balaban J connectivity index is 1.66. The van der Waals surface area contributed by atoms with Gasteiger partial charge in [0.25, 0.3) is 5.69 Å². The van der Waals surface area contributed by atoms with E-state index in [4.69, 9.17) is 11.6 Å². The number of anilines is 2. The molecule has 0 aliphatic rings. The summed E-state index contributed by atoms with van der Waals surface area (Å²) in [5.41, 5.74) is 2.00. The van der Waals surface area contributed by atoms with E-state index in [9.17, 15) is 14.9 Å². The van der Waals surface area contributed by atoms with E-state index in [1.165, 1.54) is 23.9 Å². The molecular weight excluding hydrogens is 452 g/mol. The van der Waals surface area contributed by atoms with Crippen LogP contribution in [0.25, 0.3) is 0 Å². The van der Waals surface area contributed by atoms with Crippen molar-refractivity contribution < 1.29 is 9.72 Å². The van der Waals surface area contributed by atoms with Crippen molar-refractivity contribution in [2.45, 2.75) is 44.3 Å². The van der Waals surface area contributed by atoms with Crippen molar-refractivity contribution in [1.82, 2.24) is 14.8 Å². The van der Waals surface area contributed by atoms with E-state index >= 15 is 0 Å². The summed E-state index contributed by atoms with van der Waals surface area (Å²) >= 11 is 7.20. The van der Waals surface area contributed by atoms with E-state index in [0.717, 1.165) is 17.1 Å². The Morgan fingerprint density at radius 2 is 1.97 bits per heavy atom. The van der Waals surface area contributed by atoms with Crippen LogP contribution >= 0.6 is 23.4 Å². The lowest BCUT2D eigenvalue weighted by atomic mass is 10.2. The largest absolute Gasteiger partial charge is 0.378 e. The fourth-order valence-corrected chi connectivity index (χ4v) is 3.97.